The van der Waals surface area contributed by atoms with Gasteiger partial charge in [0.1, 0.15) is 11.9 Å². The summed E-state index contributed by atoms with van der Waals surface area (Å²) in [6.07, 6.45) is -3.66. The average Bonchev–Trinajstić information content (AvgIpc) is 2.20. The van der Waals surface area contributed by atoms with Crippen LogP contribution in [0.15, 0.2) is 18.2 Å². The number of halogens is 1. The number of hydrogen-bond donors (Lipinski definition) is 4. The van der Waals surface area contributed by atoms with Crippen LogP contribution in [0, 0.1) is 0 Å². The molecule has 2 atom stereocenters. The third-order valence-corrected chi connectivity index (χ3v) is 2.29. The van der Waals surface area contributed by atoms with Gasteiger partial charge in [0.15, 0.2) is 6.10 Å². The highest BCUT2D eigenvalue weighted by atomic mass is 35.5. The first-order valence-corrected chi connectivity index (χ1v) is 4.39. The molecule has 1 rings (SSSR count). The Morgan fingerprint density at radius 1 is 1.33 bits per heavy atom. The number of phenols is 1. The Bertz CT molecular complexity index is 379. The van der Waals surface area contributed by atoms with E-state index in [-0.39, 0.29) is 16.3 Å². The molecule has 1 aromatic rings. The number of rotatable bonds is 3. The first-order chi connectivity index (χ1) is 6.95. The van der Waals surface area contributed by atoms with Gasteiger partial charge in [-0.1, -0.05) is 23.7 Å². The van der Waals surface area contributed by atoms with Gasteiger partial charge >= 0.3 is 5.97 Å². The van der Waals surface area contributed by atoms with Crippen molar-refractivity contribution in [2.45, 2.75) is 12.2 Å². The zero-order valence-corrected chi connectivity index (χ0v) is 8.22. The maximum atomic E-state index is 10.4. The molecule has 0 bridgehead atoms. The van der Waals surface area contributed by atoms with Crippen LogP contribution in [0.3, 0.4) is 0 Å². The van der Waals surface area contributed by atoms with E-state index in [1.54, 1.807) is 0 Å². The number of aromatic hydroxyl groups is 1. The molecule has 0 amide bonds. The highest BCUT2D eigenvalue weighted by molar-refractivity contribution is 6.32. The largest absolute Gasteiger partial charge is 0.506 e. The van der Waals surface area contributed by atoms with E-state index in [0.717, 1.165) is 0 Å². The van der Waals surface area contributed by atoms with Gasteiger partial charge < -0.3 is 20.4 Å². The zero-order valence-electron chi connectivity index (χ0n) is 7.46. The molecule has 0 aliphatic carbocycles. The Hall–Kier alpha value is -1.30. The molecule has 0 heterocycles. The number of aliphatic carboxylic acids is 1. The highest BCUT2D eigenvalue weighted by Gasteiger charge is 2.27. The van der Waals surface area contributed by atoms with Gasteiger partial charge in [0.25, 0.3) is 0 Å². The maximum absolute atomic E-state index is 10.4. The number of carboxylic acids is 1. The van der Waals surface area contributed by atoms with Crippen molar-refractivity contribution in [3.63, 3.8) is 0 Å². The lowest BCUT2D eigenvalue weighted by atomic mass is 10.0. The molecule has 0 saturated heterocycles. The van der Waals surface area contributed by atoms with E-state index in [0.29, 0.717) is 0 Å². The number of carboxylic acid groups (broad SMARTS) is 1. The number of hydrogen-bond acceptors (Lipinski definition) is 4. The first-order valence-electron chi connectivity index (χ1n) is 4.01. The van der Waals surface area contributed by atoms with Crippen molar-refractivity contribution < 1.29 is 25.2 Å². The summed E-state index contributed by atoms with van der Waals surface area (Å²) in [6.45, 7) is 0. The van der Waals surface area contributed by atoms with Crippen LogP contribution in [0.5, 0.6) is 5.75 Å². The van der Waals surface area contributed by atoms with Crippen molar-refractivity contribution in [2.75, 3.05) is 0 Å². The van der Waals surface area contributed by atoms with Crippen molar-refractivity contribution in [3.8, 4) is 5.75 Å². The summed E-state index contributed by atoms with van der Waals surface area (Å²) in [7, 11) is 0. The lowest BCUT2D eigenvalue weighted by Gasteiger charge is -2.15. The van der Waals surface area contributed by atoms with Crippen LogP contribution in [0.1, 0.15) is 11.7 Å². The van der Waals surface area contributed by atoms with Crippen molar-refractivity contribution in [1.29, 1.82) is 0 Å². The third-order valence-electron chi connectivity index (χ3n) is 1.88. The van der Waals surface area contributed by atoms with Gasteiger partial charge in [-0.2, -0.15) is 0 Å². The normalized spacial score (nSPS) is 14.6. The Morgan fingerprint density at radius 3 is 2.47 bits per heavy atom. The molecule has 0 spiro atoms. The Labute approximate surface area is 90.2 Å². The Morgan fingerprint density at radius 2 is 1.93 bits per heavy atom. The lowest BCUT2D eigenvalue weighted by molar-refractivity contribution is -0.153. The Balaban J connectivity index is 3.06. The monoisotopic (exact) mass is 232 g/mol. The van der Waals surface area contributed by atoms with Gasteiger partial charge in [-0.05, 0) is 6.07 Å². The topological polar surface area (TPSA) is 98.0 Å². The predicted octanol–water partition coefficient (Wildman–Crippen LogP) is 0.524. The van der Waals surface area contributed by atoms with E-state index in [2.05, 4.69) is 0 Å². The fourth-order valence-corrected chi connectivity index (χ4v) is 1.31. The molecule has 0 radical (unpaired) electrons. The molecule has 0 saturated carbocycles. The molecule has 2 unspecified atom stereocenters. The minimum atomic E-state index is -1.98. The van der Waals surface area contributed by atoms with Gasteiger partial charge in [0, 0.05) is 5.56 Å². The molecular formula is C9H9ClO5. The first kappa shape index (κ1) is 11.8. The van der Waals surface area contributed by atoms with Crippen molar-refractivity contribution in [3.05, 3.63) is 28.8 Å². The van der Waals surface area contributed by atoms with E-state index in [4.69, 9.17) is 21.8 Å². The van der Waals surface area contributed by atoms with Crippen LogP contribution < -0.4 is 0 Å². The van der Waals surface area contributed by atoms with E-state index in [9.17, 15) is 15.0 Å². The molecule has 0 aliphatic rings. The van der Waals surface area contributed by atoms with Crippen LogP contribution in [0.25, 0.3) is 0 Å². The van der Waals surface area contributed by atoms with E-state index in [1.165, 1.54) is 18.2 Å². The summed E-state index contributed by atoms with van der Waals surface area (Å²) in [5, 5.41) is 36.0. The van der Waals surface area contributed by atoms with Crippen LogP contribution >= 0.6 is 11.6 Å². The number of carbonyl (C=O) groups is 1. The zero-order chi connectivity index (χ0) is 11.6. The minimum Gasteiger partial charge on any atom is -0.506 e. The molecule has 4 N–H and O–H groups in total. The second-order valence-corrected chi connectivity index (χ2v) is 3.29. The SMILES string of the molecule is O=C(O)C(O)C(O)c1cccc(O)c1Cl. The molecule has 15 heavy (non-hydrogen) atoms. The number of aliphatic hydroxyl groups is 2. The van der Waals surface area contributed by atoms with E-state index < -0.39 is 18.2 Å². The predicted molar refractivity (Wildman–Crippen MR) is 51.7 cm³/mol. The van der Waals surface area contributed by atoms with Crippen molar-refractivity contribution in [1.82, 2.24) is 0 Å². The summed E-state index contributed by atoms with van der Waals surface area (Å²) >= 11 is 5.62. The smallest absolute Gasteiger partial charge is 0.335 e. The summed E-state index contributed by atoms with van der Waals surface area (Å²) in [6, 6.07) is 3.99. The summed E-state index contributed by atoms with van der Waals surface area (Å²) < 4.78 is 0. The van der Waals surface area contributed by atoms with Crippen LogP contribution in [0.2, 0.25) is 5.02 Å². The van der Waals surface area contributed by atoms with Crippen molar-refractivity contribution in [2.24, 2.45) is 0 Å². The summed E-state index contributed by atoms with van der Waals surface area (Å²) in [5.74, 6) is -1.85. The molecule has 5 nitrogen and oxygen atoms in total. The van der Waals surface area contributed by atoms with Crippen molar-refractivity contribution >= 4 is 17.6 Å². The molecule has 1 aromatic carbocycles. The molecule has 0 aliphatic heterocycles. The Kier molecular flexibility index (Phi) is 3.52. The van der Waals surface area contributed by atoms with Crippen LogP contribution in [-0.2, 0) is 4.79 Å². The number of benzene rings is 1. The molecule has 0 fully saturated rings. The summed E-state index contributed by atoms with van der Waals surface area (Å²) in [5.41, 5.74) is -0.0356. The summed E-state index contributed by atoms with van der Waals surface area (Å²) in [4.78, 5) is 10.4. The van der Waals surface area contributed by atoms with Crippen LogP contribution in [0.4, 0.5) is 0 Å². The van der Waals surface area contributed by atoms with E-state index in [1.807, 2.05) is 0 Å². The van der Waals surface area contributed by atoms with Gasteiger partial charge in [0.05, 0.1) is 5.02 Å². The molecule has 82 valence electrons. The second-order valence-electron chi connectivity index (χ2n) is 2.91. The van der Waals surface area contributed by atoms with E-state index >= 15 is 0 Å². The molecule has 0 aromatic heterocycles. The van der Waals surface area contributed by atoms with Gasteiger partial charge in [-0.15, -0.1) is 0 Å². The highest BCUT2D eigenvalue weighted by Crippen LogP contribution is 2.32. The number of aliphatic hydroxyl groups excluding tert-OH is 2. The fraction of sp³-hybridized carbons (Fsp3) is 0.222. The molecule has 6 heteroatoms. The number of phenolic OH excluding ortho intramolecular Hbond substituents is 1. The average molecular weight is 233 g/mol. The van der Waals surface area contributed by atoms with Gasteiger partial charge in [0.2, 0.25) is 0 Å². The second kappa shape index (κ2) is 4.48. The van der Waals surface area contributed by atoms with Crippen LogP contribution in [-0.4, -0.2) is 32.5 Å². The van der Waals surface area contributed by atoms with Gasteiger partial charge in [-0.25, -0.2) is 4.79 Å². The quantitative estimate of drug-likeness (QED) is 0.609. The maximum Gasteiger partial charge on any atom is 0.335 e. The fourth-order valence-electron chi connectivity index (χ4n) is 1.07. The molecular weight excluding hydrogens is 224 g/mol. The lowest BCUT2D eigenvalue weighted by Crippen LogP contribution is -2.27. The standard InChI is InChI=1S/C9H9ClO5/c10-6-4(2-1-3-5(6)11)7(12)8(13)9(14)15/h1-3,7-8,11-13H,(H,14,15). The third kappa shape index (κ3) is 2.38. The minimum absolute atomic E-state index is 0.0356. The van der Waals surface area contributed by atoms with Gasteiger partial charge in [-0.3, -0.25) is 0 Å².